The van der Waals surface area contributed by atoms with Crippen LogP contribution in [0.1, 0.15) is 44.3 Å². The largest absolute Gasteiger partial charge is 0.497 e. The molecule has 6 heteroatoms. The Balaban J connectivity index is 1.50. The van der Waals surface area contributed by atoms with Crippen LogP contribution < -0.4 is 4.74 Å². The Kier molecular flexibility index (Phi) is 6.26. The van der Waals surface area contributed by atoms with E-state index in [4.69, 9.17) is 4.74 Å². The van der Waals surface area contributed by atoms with Gasteiger partial charge in [-0.3, -0.25) is 19.4 Å². The second kappa shape index (κ2) is 9.36. The van der Waals surface area contributed by atoms with Crippen LogP contribution in [0.2, 0.25) is 0 Å². The van der Waals surface area contributed by atoms with Gasteiger partial charge in [-0.15, -0.1) is 0 Å². The summed E-state index contributed by atoms with van der Waals surface area (Å²) in [5.41, 5.74) is 2.14. The summed E-state index contributed by atoms with van der Waals surface area (Å²) in [6.07, 6.45) is 0.974. The molecule has 3 aromatic carbocycles. The quantitative estimate of drug-likeness (QED) is 0.495. The van der Waals surface area contributed by atoms with Gasteiger partial charge in [0.1, 0.15) is 11.6 Å². The number of rotatable bonds is 6. The van der Waals surface area contributed by atoms with Gasteiger partial charge >= 0.3 is 0 Å². The molecule has 1 aliphatic heterocycles. The number of Topliss-reactive ketones (excluding diaryl/α,β-unsaturated/α-hetero) is 2. The van der Waals surface area contributed by atoms with E-state index in [1.165, 1.54) is 30.4 Å². The molecule has 0 aromatic heterocycles. The van der Waals surface area contributed by atoms with E-state index in [-0.39, 0.29) is 17.3 Å². The number of hydrogen-bond donors (Lipinski definition) is 0. The fraction of sp³-hybridized carbons (Fsp3) is 0.310. The van der Waals surface area contributed by atoms with Crippen molar-refractivity contribution in [3.8, 4) is 5.75 Å². The number of piperazine rings is 1. The maximum atomic E-state index is 14.6. The first-order valence-electron chi connectivity index (χ1n) is 12.1. The minimum absolute atomic E-state index is 0.283. The highest BCUT2D eigenvalue weighted by Crippen LogP contribution is 2.44. The molecule has 0 atom stereocenters. The van der Waals surface area contributed by atoms with Gasteiger partial charge < -0.3 is 4.74 Å². The molecule has 0 unspecified atom stereocenters. The minimum atomic E-state index is -1.59. The summed E-state index contributed by atoms with van der Waals surface area (Å²) in [7, 11) is 1.45. The lowest BCUT2D eigenvalue weighted by Crippen LogP contribution is -2.60. The van der Waals surface area contributed by atoms with Crippen molar-refractivity contribution in [2.75, 3.05) is 33.3 Å². The number of halogens is 1. The Hall–Kier alpha value is -3.35. The fourth-order valence-electron chi connectivity index (χ4n) is 5.53. The molecule has 0 radical (unpaired) electrons. The first kappa shape index (κ1) is 23.4. The highest BCUT2D eigenvalue weighted by Gasteiger charge is 2.58. The van der Waals surface area contributed by atoms with Crippen LogP contribution in [0.15, 0.2) is 66.7 Å². The molecule has 1 fully saturated rings. The van der Waals surface area contributed by atoms with E-state index in [1.54, 1.807) is 30.3 Å². The van der Waals surface area contributed by atoms with Crippen molar-refractivity contribution in [1.82, 2.24) is 9.80 Å². The third-order valence-corrected chi connectivity index (χ3v) is 7.34. The van der Waals surface area contributed by atoms with Crippen LogP contribution in [0.3, 0.4) is 0 Å². The van der Waals surface area contributed by atoms with Crippen molar-refractivity contribution in [2.45, 2.75) is 25.4 Å². The molecular weight excluding hydrogens is 443 g/mol. The monoisotopic (exact) mass is 472 g/mol. The summed E-state index contributed by atoms with van der Waals surface area (Å²) in [6.45, 7) is 5.40. The van der Waals surface area contributed by atoms with Gasteiger partial charge in [0.2, 0.25) is 0 Å². The molecule has 1 aliphatic carbocycles. The first-order valence-corrected chi connectivity index (χ1v) is 12.1. The molecule has 0 saturated carbocycles. The van der Waals surface area contributed by atoms with Crippen LogP contribution in [-0.4, -0.2) is 54.7 Å². The number of hydrogen-bond acceptors (Lipinski definition) is 5. The van der Waals surface area contributed by atoms with Crippen LogP contribution in [0, 0.1) is 5.82 Å². The van der Waals surface area contributed by atoms with E-state index in [0.29, 0.717) is 42.9 Å². The maximum Gasteiger partial charge on any atom is 0.196 e. The fourth-order valence-corrected chi connectivity index (χ4v) is 5.53. The van der Waals surface area contributed by atoms with Crippen molar-refractivity contribution in [1.29, 1.82) is 0 Å². The smallest absolute Gasteiger partial charge is 0.196 e. The first-order chi connectivity index (χ1) is 17.0. The Bertz CT molecular complexity index is 1250. The van der Waals surface area contributed by atoms with Crippen molar-refractivity contribution < 1.29 is 18.7 Å². The van der Waals surface area contributed by atoms with Gasteiger partial charge in [0.25, 0.3) is 0 Å². The number of ether oxygens (including phenoxy) is 1. The summed E-state index contributed by atoms with van der Waals surface area (Å²) in [4.78, 5) is 32.2. The summed E-state index contributed by atoms with van der Waals surface area (Å²) < 4.78 is 19.9. The van der Waals surface area contributed by atoms with Crippen molar-refractivity contribution in [3.05, 3.63) is 100 Å². The topological polar surface area (TPSA) is 49.9 Å². The molecule has 5 nitrogen and oxygen atoms in total. The number of nitrogens with zero attached hydrogens (tertiary/aromatic N) is 2. The second-order valence-corrected chi connectivity index (χ2v) is 9.18. The second-order valence-electron chi connectivity index (χ2n) is 9.18. The van der Waals surface area contributed by atoms with E-state index in [9.17, 15) is 14.0 Å². The van der Waals surface area contributed by atoms with Gasteiger partial charge in [0.05, 0.1) is 7.11 Å². The van der Waals surface area contributed by atoms with E-state index >= 15 is 0 Å². The zero-order chi connectivity index (χ0) is 24.6. The molecule has 180 valence electrons. The van der Waals surface area contributed by atoms with Crippen LogP contribution >= 0.6 is 0 Å². The van der Waals surface area contributed by atoms with Crippen LogP contribution in [-0.2, 0) is 18.5 Å². The van der Waals surface area contributed by atoms with Crippen LogP contribution in [0.5, 0.6) is 5.75 Å². The van der Waals surface area contributed by atoms with Gasteiger partial charge in [-0.25, -0.2) is 4.39 Å². The van der Waals surface area contributed by atoms with Gasteiger partial charge in [-0.05, 0) is 35.2 Å². The van der Waals surface area contributed by atoms with Crippen molar-refractivity contribution in [2.24, 2.45) is 0 Å². The number of ketones is 2. The number of aryl methyl sites for hydroxylation is 1. The highest BCUT2D eigenvalue weighted by atomic mass is 19.1. The van der Waals surface area contributed by atoms with Crippen LogP contribution in [0.25, 0.3) is 0 Å². The Morgan fingerprint density at radius 1 is 0.857 bits per heavy atom. The summed E-state index contributed by atoms with van der Waals surface area (Å²) >= 11 is 0. The van der Waals surface area contributed by atoms with Gasteiger partial charge in [0, 0.05) is 49.9 Å². The lowest BCUT2D eigenvalue weighted by molar-refractivity contribution is 0.0278. The van der Waals surface area contributed by atoms with E-state index < -0.39 is 11.4 Å². The molecule has 3 aromatic rings. The summed E-state index contributed by atoms with van der Waals surface area (Å²) in [5, 5.41) is 0. The van der Waals surface area contributed by atoms with Gasteiger partial charge in [-0.2, -0.15) is 0 Å². The highest BCUT2D eigenvalue weighted by molar-refractivity contribution is 6.32. The molecule has 0 amide bonds. The zero-order valence-corrected chi connectivity index (χ0v) is 20.1. The molecule has 0 spiro atoms. The lowest BCUT2D eigenvalue weighted by Gasteiger charge is -2.44. The molecule has 0 bridgehead atoms. The molecule has 1 heterocycles. The maximum absolute atomic E-state index is 14.6. The molecule has 2 aliphatic rings. The minimum Gasteiger partial charge on any atom is -0.497 e. The number of carbonyl (C=O) groups is 2. The average molecular weight is 473 g/mol. The number of methoxy groups -OCH3 is 1. The number of benzene rings is 3. The molecule has 35 heavy (non-hydrogen) atoms. The molecule has 5 rings (SSSR count). The van der Waals surface area contributed by atoms with Gasteiger partial charge in [0.15, 0.2) is 17.1 Å². The predicted octanol–water partition coefficient (Wildman–Crippen LogP) is 4.49. The number of carbonyl (C=O) groups excluding carboxylic acids is 2. The summed E-state index contributed by atoms with van der Waals surface area (Å²) in [6, 6.07) is 19.5. The van der Waals surface area contributed by atoms with E-state index in [0.717, 1.165) is 13.0 Å². The van der Waals surface area contributed by atoms with Crippen molar-refractivity contribution in [3.63, 3.8) is 0 Å². The lowest BCUT2D eigenvalue weighted by atomic mass is 9.82. The predicted molar refractivity (Wildman–Crippen MR) is 132 cm³/mol. The SMILES string of the molecule is CCc1ccccc1CN1CCN(C2(c3cc(F)cc(OC)c3)C(=O)c3ccccc3C2=O)CC1. The average Bonchev–Trinajstić information content (AvgIpc) is 3.12. The zero-order valence-electron chi connectivity index (χ0n) is 20.1. The van der Waals surface area contributed by atoms with Crippen molar-refractivity contribution >= 4 is 11.6 Å². The third-order valence-electron chi connectivity index (χ3n) is 7.34. The molecule has 1 saturated heterocycles. The van der Waals surface area contributed by atoms with E-state index in [1.807, 2.05) is 4.90 Å². The number of fused-ring (bicyclic) bond motifs is 1. The van der Waals surface area contributed by atoms with E-state index in [2.05, 4.69) is 36.1 Å². The molecule has 0 N–H and O–H groups in total. The Morgan fingerprint density at radius 2 is 1.46 bits per heavy atom. The summed E-state index contributed by atoms with van der Waals surface area (Å²) in [5.74, 6) is -0.845. The Labute approximate surface area is 205 Å². The van der Waals surface area contributed by atoms with Crippen LogP contribution in [0.4, 0.5) is 4.39 Å². The normalized spacial score (nSPS) is 18.0. The Morgan fingerprint density at radius 3 is 2.06 bits per heavy atom. The molecular formula is C29H29FN2O3. The van der Waals surface area contributed by atoms with Gasteiger partial charge in [-0.1, -0.05) is 55.5 Å². The standard InChI is InChI=1S/C29H29FN2O3/c1-3-20-8-4-5-9-21(20)19-31-12-14-32(15-13-31)29(22-16-23(30)18-24(17-22)35-2)27(33)25-10-6-7-11-26(25)28(29)34/h4-11,16-18H,3,12-15,19H2,1-2H3. The third kappa shape index (κ3) is 3.87.